The van der Waals surface area contributed by atoms with E-state index >= 15 is 0 Å². The van der Waals surface area contributed by atoms with Gasteiger partial charge in [-0.3, -0.25) is 9.36 Å². The molecular weight excluding hydrogens is 354 g/mol. The lowest BCUT2D eigenvalue weighted by atomic mass is 10.3. The standard InChI is InChI=1S/C19H14F2N4O2/c20-13-1-5-15(6-2-13)25-18-17(11-23-25)19(26)24(12-22-18)9-10-27-16-7-3-14(21)4-8-16/h1-8,11-12H,9-10H2. The molecule has 0 N–H and O–H groups in total. The van der Waals surface area contributed by atoms with Crippen molar-refractivity contribution in [2.75, 3.05) is 6.61 Å². The third-order valence-corrected chi connectivity index (χ3v) is 4.04. The van der Waals surface area contributed by atoms with Gasteiger partial charge < -0.3 is 4.74 Å². The molecule has 0 radical (unpaired) electrons. The number of aromatic nitrogens is 4. The van der Waals surface area contributed by atoms with E-state index in [-0.39, 0.29) is 30.3 Å². The van der Waals surface area contributed by atoms with Crippen LogP contribution in [0.1, 0.15) is 0 Å². The molecule has 0 saturated carbocycles. The van der Waals surface area contributed by atoms with Crippen molar-refractivity contribution in [2.45, 2.75) is 6.54 Å². The van der Waals surface area contributed by atoms with Crippen LogP contribution in [0.3, 0.4) is 0 Å². The van der Waals surface area contributed by atoms with E-state index in [0.29, 0.717) is 22.5 Å². The fraction of sp³-hybridized carbons (Fsp3) is 0.105. The van der Waals surface area contributed by atoms with Gasteiger partial charge in [-0.2, -0.15) is 5.10 Å². The molecule has 2 heterocycles. The maximum Gasteiger partial charge on any atom is 0.264 e. The van der Waals surface area contributed by atoms with Gasteiger partial charge in [0.05, 0.1) is 18.4 Å². The summed E-state index contributed by atoms with van der Waals surface area (Å²) in [5.41, 5.74) is 0.745. The lowest BCUT2D eigenvalue weighted by molar-refractivity contribution is 0.295. The maximum absolute atomic E-state index is 13.1. The highest BCUT2D eigenvalue weighted by atomic mass is 19.1. The van der Waals surface area contributed by atoms with E-state index in [1.165, 1.54) is 58.2 Å². The Morgan fingerprint density at radius 3 is 2.33 bits per heavy atom. The Morgan fingerprint density at radius 2 is 1.63 bits per heavy atom. The lowest BCUT2D eigenvalue weighted by Crippen LogP contribution is -2.23. The number of hydrogen-bond donors (Lipinski definition) is 0. The number of fused-ring (bicyclic) bond motifs is 1. The summed E-state index contributed by atoms with van der Waals surface area (Å²) in [6.07, 6.45) is 2.85. The molecule has 8 heteroatoms. The van der Waals surface area contributed by atoms with Gasteiger partial charge >= 0.3 is 0 Å². The van der Waals surface area contributed by atoms with Crippen LogP contribution in [-0.2, 0) is 6.54 Å². The van der Waals surface area contributed by atoms with Crippen LogP contribution in [0.15, 0.2) is 65.8 Å². The summed E-state index contributed by atoms with van der Waals surface area (Å²) in [6.45, 7) is 0.506. The van der Waals surface area contributed by atoms with Crippen LogP contribution in [0, 0.1) is 11.6 Å². The van der Waals surface area contributed by atoms with Gasteiger partial charge in [-0.25, -0.2) is 18.4 Å². The molecule has 0 spiro atoms. The highest BCUT2D eigenvalue weighted by molar-refractivity contribution is 5.74. The van der Waals surface area contributed by atoms with Gasteiger partial charge in [-0.05, 0) is 48.5 Å². The predicted molar refractivity (Wildman–Crippen MR) is 95.0 cm³/mol. The minimum Gasteiger partial charge on any atom is -0.492 e. The van der Waals surface area contributed by atoms with E-state index < -0.39 is 0 Å². The Bertz CT molecular complexity index is 1140. The van der Waals surface area contributed by atoms with Gasteiger partial charge in [0, 0.05) is 0 Å². The van der Waals surface area contributed by atoms with Crippen molar-refractivity contribution in [1.29, 1.82) is 0 Å². The molecule has 0 amide bonds. The number of rotatable bonds is 5. The zero-order chi connectivity index (χ0) is 18.8. The average Bonchev–Trinajstić information content (AvgIpc) is 3.11. The number of hydrogen-bond acceptors (Lipinski definition) is 4. The molecule has 6 nitrogen and oxygen atoms in total. The molecule has 2 aromatic carbocycles. The number of nitrogens with zero attached hydrogens (tertiary/aromatic N) is 4. The van der Waals surface area contributed by atoms with Gasteiger partial charge in [-0.15, -0.1) is 0 Å². The molecule has 4 rings (SSSR count). The summed E-state index contributed by atoms with van der Waals surface area (Å²) in [7, 11) is 0. The van der Waals surface area contributed by atoms with Crippen LogP contribution < -0.4 is 10.3 Å². The summed E-state index contributed by atoms with van der Waals surface area (Å²) in [6, 6.07) is 11.4. The molecule has 0 aliphatic carbocycles. The molecule has 2 aromatic heterocycles. The Hall–Kier alpha value is -3.55. The SMILES string of the molecule is O=c1c2cnn(-c3ccc(F)cc3)c2ncn1CCOc1ccc(F)cc1. The first-order chi connectivity index (χ1) is 13.1. The second kappa shape index (κ2) is 6.99. The van der Waals surface area contributed by atoms with Crippen LogP contribution in [0.2, 0.25) is 0 Å². The fourth-order valence-corrected chi connectivity index (χ4v) is 2.67. The number of ether oxygens (including phenoxy) is 1. The van der Waals surface area contributed by atoms with E-state index in [4.69, 9.17) is 4.74 Å². The van der Waals surface area contributed by atoms with Crippen molar-refractivity contribution in [3.8, 4) is 11.4 Å². The Balaban J connectivity index is 1.55. The van der Waals surface area contributed by atoms with Crippen molar-refractivity contribution in [3.63, 3.8) is 0 Å². The molecule has 0 atom stereocenters. The normalized spacial score (nSPS) is 11.0. The summed E-state index contributed by atoms with van der Waals surface area (Å²) >= 11 is 0. The topological polar surface area (TPSA) is 61.9 Å². The second-order valence-electron chi connectivity index (χ2n) is 5.82. The van der Waals surface area contributed by atoms with Gasteiger partial charge in [0.15, 0.2) is 5.65 Å². The number of benzene rings is 2. The molecule has 0 aliphatic rings. The minimum absolute atomic E-state index is 0.227. The molecule has 4 aromatic rings. The van der Waals surface area contributed by atoms with E-state index in [0.717, 1.165) is 0 Å². The first-order valence-corrected chi connectivity index (χ1v) is 8.19. The Morgan fingerprint density at radius 1 is 0.963 bits per heavy atom. The van der Waals surface area contributed by atoms with Crippen LogP contribution in [0.5, 0.6) is 5.75 Å². The highest BCUT2D eigenvalue weighted by Gasteiger charge is 2.11. The van der Waals surface area contributed by atoms with Crippen LogP contribution >= 0.6 is 0 Å². The molecule has 0 unspecified atom stereocenters. The molecular formula is C19H14F2N4O2. The predicted octanol–water partition coefficient (Wildman–Crippen LogP) is 2.94. The smallest absolute Gasteiger partial charge is 0.264 e. The van der Waals surface area contributed by atoms with Crippen LogP contribution in [0.4, 0.5) is 8.78 Å². The summed E-state index contributed by atoms with van der Waals surface area (Å²) in [5.74, 6) is -0.180. The van der Waals surface area contributed by atoms with E-state index in [9.17, 15) is 13.6 Å². The summed E-state index contributed by atoms with van der Waals surface area (Å²) in [4.78, 5) is 16.9. The third-order valence-electron chi connectivity index (χ3n) is 4.04. The fourth-order valence-electron chi connectivity index (χ4n) is 2.67. The quantitative estimate of drug-likeness (QED) is 0.543. The molecule has 0 bridgehead atoms. The molecule has 27 heavy (non-hydrogen) atoms. The van der Waals surface area contributed by atoms with Crippen molar-refractivity contribution in [1.82, 2.24) is 19.3 Å². The second-order valence-corrected chi connectivity index (χ2v) is 5.82. The van der Waals surface area contributed by atoms with E-state index in [1.807, 2.05) is 0 Å². The van der Waals surface area contributed by atoms with Gasteiger partial charge in [-0.1, -0.05) is 0 Å². The number of halogens is 2. The Kier molecular flexibility index (Phi) is 4.37. The Labute approximate surface area is 152 Å². The highest BCUT2D eigenvalue weighted by Crippen LogP contribution is 2.14. The molecule has 0 saturated heterocycles. The van der Waals surface area contributed by atoms with Crippen molar-refractivity contribution >= 4 is 11.0 Å². The molecule has 0 fully saturated rings. The van der Waals surface area contributed by atoms with Gasteiger partial charge in [0.25, 0.3) is 5.56 Å². The van der Waals surface area contributed by atoms with E-state index in [1.54, 1.807) is 12.1 Å². The monoisotopic (exact) mass is 368 g/mol. The van der Waals surface area contributed by atoms with Crippen LogP contribution in [-0.4, -0.2) is 25.9 Å². The summed E-state index contributed by atoms with van der Waals surface area (Å²) in [5, 5.41) is 4.54. The lowest BCUT2D eigenvalue weighted by Gasteiger charge is -2.08. The summed E-state index contributed by atoms with van der Waals surface area (Å²) < 4.78 is 34.4. The van der Waals surface area contributed by atoms with E-state index in [2.05, 4.69) is 10.1 Å². The van der Waals surface area contributed by atoms with Gasteiger partial charge in [0.2, 0.25) is 0 Å². The third kappa shape index (κ3) is 3.41. The molecule has 136 valence electrons. The first-order valence-electron chi connectivity index (χ1n) is 8.19. The van der Waals surface area contributed by atoms with Crippen molar-refractivity contribution in [3.05, 3.63) is 83.0 Å². The zero-order valence-corrected chi connectivity index (χ0v) is 14.0. The first kappa shape index (κ1) is 16.9. The van der Waals surface area contributed by atoms with Crippen molar-refractivity contribution < 1.29 is 13.5 Å². The maximum atomic E-state index is 13.1. The largest absolute Gasteiger partial charge is 0.492 e. The zero-order valence-electron chi connectivity index (χ0n) is 14.0. The van der Waals surface area contributed by atoms with Crippen molar-refractivity contribution in [2.24, 2.45) is 0 Å². The van der Waals surface area contributed by atoms with Gasteiger partial charge in [0.1, 0.15) is 35.7 Å². The molecule has 0 aliphatic heterocycles. The van der Waals surface area contributed by atoms with Crippen LogP contribution in [0.25, 0.3) is 16.7 Å². The minimum atomic E-state index is -0.355. The average molecular weight is 368 g/mol.